The van der Waals surface area contributed by atoms with Crippen molar-refractivity contribution in [2.75, 3.05) is 26.7 Å². The Labute approximate surface area is 124 Å². The molecule has 2 amide bonds. The molecule has 0 aliphatic heterocycles. The molecule has 1 aromatic rings. The molecule has 0 aliphatic carbocycles. The Balaban J connectivity index is 2.81. The van der Waals surface area contributed by atoms with Gasteiger partial charge in [0.15, 0.2) is 0 Å². The number of carboxylic acids is 1. The average Bonchev–Trinajstić information content (AvgIpc) is 2.47. The molecule has 0 saturated carbocycles. The number of hydrogen-bond donors (Lipinski definition) is 1. The van der Waals surface area contributed by atoms with Crippen LogP contribution in [-0.2, 0) is 4.79 Å². The van der Waals surface area contributed by atoms with Crippen LogP contribution in [0.5, 0.6) is 0 Å². The van der Waals surface area contributed by atoms with Crippen LogP contribution in [0.1, 0.15) is 34.6 Å². The zero-order chi connectivity index (χ0) is 16.0. The number of carboxylic acid groups (broad SMARTS) is 1. The first-order chi connectivity index (χ1) is 9.90. The highest BCUT2D eigenvalue weighted by Crippen LogP contribution is 2.08. The molecule has 1 rings (SSSR count). The van der Waals surface area contributed by atoms with Gasteiger partial charge in [-0.05, 0) is 32.0 Å². The van der Waals surface area contributed by atoms with Gasteiger partial charge >= 0.3 is 5.97 Å². The third kappa shape index (κ3) is 4.30. The van der Waals surface area contributed by atoms with E-state index in [-0.39, 0.29) is 29.5 Å². The van der Waals surface area contributed by atoms with Crippen molar-refractivity contribution < 1.29 is 19.5 Å². The molecule has 0 saturated heterocycles. The lowest BCUT2D eigenvalue weighted by atomic mass is 10.1. The van der Waals surface area contributed by atoms with Crippen molar-refractivity contribution >= 4 is 17.8 Å². The highest BCUT2D eigenvalue weighted by Gasteiger charge is 2.18. The zero-order valence-electron chi connectivity index (χ0n) is 12.5. The molecule has 0 aromatic heterocycles. The van der Waals surface area contributed by atoms with Crippen molar-refractivity contribution in [3.8, 4) is 0 Å². The summed E-state index contributed by atoms with van der Waals surface area (Å²) in [5.41, 5.74) is 0.300. The minimum atomic E-state index is -1.09. The molecule has 0 spiro atoms. The summed E-state index contributed by atoms with van der Waals surface area (Å²) in [4.78, 5) is 38.0. The number of benzene rings is 1. The number of likely N-dealkylation sites (N-methyl/N-ethyl adjacent to an activating group) is 2. The Kier molecular flexibility index (Phi) is 5.90. The first-order valence-electron chi connectivity index (χ1n) is 6.77. The van der Waals surface area contributed by atoms with Crippen molar-refractivity contribution in [2.24, 2.45) is 0 Å². The molecule has 0 fully saturated rings. The summed E-state index contributed by atoms with van der Waals surface area (Å²) in [7, 11) is 1.52. The fourth-order valence-corrected chi connectivity index (χ4v) is 1.96. The summed E-state index contributed by atoms with van der Waals surface area (Å²) in [6, 6.07) is 5.77. The van der Waals surface area contributed by atoms with Gasteiger partial charge < -0.3 is 14.9 Å². The van der Waals surface area contributed by atoms with E-state index in [1.165, 1.54) is 36.2 Å². The van der Waals surface area contributed by atoms with Crippen LogP contribution in [0.2, 0.25) is 0 Å². The summed E-state index contributed by atoms with van der Waals surface area (Å²) in [5.74, 6) is -1.60. The monoisotopic (exact) mass is 292 g/mol. The molecule has 0 aliphatic rings. The standard InChI is InChI=1S/C15H20N2O4/c1-4-17(5-2)13(18)10-16(3)14(19)11-7-6-8-12(9-11)15(20)21/h6-9H,4-5,10H2,1-3H3,(H,20,21). The van der Waals surface area contributed by atoms with Crippen LogP contribution in [0.3, 0.4) is 0 Å². The van der Waals surface area contributed by atoms with Gasteiger partial charge in [0.2, 0.25) is 5.91 Å². The summed E-state index contributed by atoms with van der Waals surface area (Å²) in [6.45, 7) is 4.90. The maximum Gasteiger partial charge on any atom is 0.335 e. The predicted octanol–water partition coefficient (Wildman–Crippen LogP) is 1.33. The lowest BCUT2D eigenvalue weighted by molar-refractivity contribution is -0.131. The molecule has 0 bridgehead atoms. The first kappa shape index (κ1) is 16.7. The quantitative estimate of drug-likeness (QED) is 0.858. The van der Waals surface area contributed by atoms with E-state index in [1.807, 2.05) is 13.8 Å². The number of hydrogen-bond acceptors (Lipinski definition) is 3. The van der Waals surface area contributed by atoms with E-state index >= 15 is 0 Å². The van der Waals surface area contributed by atoms with Gasteiger partial charge in [0, 0.05) is 25.7 Å². The van der Waals surface area contributed by atoms with E-state index < -0.39 is 5.97 Å². The number of carbonyl (C=O) groups excluding carboxylic acids is 2. The van der Waals surface area contributed by atoms with Gasteiger partial charge in [0.25, 0.3) is 5.91 Å². The first-order valence-corrected chi connectivity index (χ1v) is 6.77. The number of amides is 2. The maximum absolute atomic E-state index is 12.2. The molecule has 6 heteroatoms. The van der Waals surface area contributed by atoms with Crippen molar-refractivity contribution in [1.82, 2.24) is 9.80 Å². The summed E-state index contributed by atoms with van der Waals surface area (Å²) in [5, 5.41) is 8.93. The Hall–Kier alpha value is -2.37. The van der Waals surface area contributed by atoms with Gasteiger partial charge in [0.1, 0.15) is 0 Å². The van der Waals surface area contributed by atoms with Gasteiger partial charge in [-0.15, -0.1) is 0 Å². The second-order valence-corrected chi connectivity index (χ2v) is 4.61. The average molecular weight is 292 g/mol. The molecule has 1 N–H and O–H groups in total. The summed E-state index contributed by atoms with van der Waals surface area (Å²) in [6.07, 6.45) is 0. The van der Waals surface area contributed by atoms with Crippen molar-refractivity contribution in [3.05, 3.63) is 35.4 Å². The largest absolute Gasteiger partial charge is 0.478 e. The van der Waals surface area contributed by atoms with Gasteiger partial charge in [-0.2, -0.15) is 0 Å². The van der Waals surface area contributed by atoms with E-state index in [2.05, 4.69) is 0 Å². The highest BCUT2D eigenvalue weighted by atomic mass is 16.4. The SMILES string of the molecule is CCN(CC)C(=O)CN(C)C(=O)c1cccc(C(=O)O)c1. The van der Waals surface area contributed by atoms with Crippen LogP contribution in [0.4, 0.5) is 0 Å². The fraction of sp³-hybridized carbons (Fsp3) is 0.400. The highest BCUT2D eigenvalue weighted by molar-refractivity contribution is 5.98. The van der Waals surface area contributed by atoms with Gasteiger partial charge in [-0.1, -0.05) is 6.07 Å². The zero-order valence-corrected chi connectivity index (χ0v) is 12.5. The van der Waals surface area contributed by atoms with Crippen LogP contribution in [0, 0.1) is 0 Å². The molecule has 0 radical (unpaired) electrons. The van der Waals surface area contributed by atoms with Crippen molar-refractivity contribution in [3.63, 3.8) is 0 Å². The molecule has 114 valence electrons. The Morgan fingerprint density at radius 1 is 1.10 bits per heavy atom. The molecule has 0 unspecified atom stereocenters. The van der Waals surface area contributed by atoms with E-state index in [4.69, 9.17) is 5.11 Å². The molecule has 21 heavy (non-hydrogen) atoms. The molecule has 0 atom stereocenters. The Morgan fingerprint density at radius 3 is 2.19 bits per heavy atom. The van der Waals surface area contributed by atoms with E-state index in [9.17, 15) is 14.4 Å². The second kappa shape index (κ2) is 7.42. The molecule has 1 aromatic carbocycles. The van der Waals surface area contributed by atoms with Crippen molar-refractivity contribution in [2.45, 2.75) is 13.8 Å². The van der Waals surface area contributed by atoms with Crippen LogP contribution < -0.4 is 0 Å². The Bertz CT molecular complexity index is 538. The number of nitrogens with zero attached hydrogens (tertiary/aromatic N) is 2. The number of rotatable bonds is 6. The van der Waals surface area contributed by atoms with Crippen LogP contribution >= 0.6 is 0 Å². The maximum atomic E-state index is 12.2. The molecular formula is C15H20N2O4. The van der Waals surface area contributed by atoms with E-state index in [1.54, 1.807) is 4.90 Å². The molecular weight excluding hydrogens is 272 g/mol. The van der Waals surface area contributed by atoms with Gasteiger partial charge in [0.05, 0.1) is 12.1 Å². The third-order valence-electron chi connectivity index (χ3n) is 3.19. The topological polar surface area (TPSA) is 77.9 Å². The van der Waals surface area contributed by atoms with Crippen LogP contribution in [-0.4, -0.2) is 59.4 Å². The normalized spacial score (nSPS) is 10.0. The van der Waals surface area contributed by atoms with Crippen molar-refractivity contribution in [1.29, 1.82) is 0 Å². The lowest BCUT2D eigenvalue weighted by Crippen LogP contribution is -2.41. The van der Waals surface area contributed by atoms with Gasteiger partial charge in [-0.25, -0.2) is 4.79 Å². The Morgan fingerprint density at radius 2 is 1.67 bits per heavy atom. The minimum absolute atomic E-state index is 0.0299. The molecule has 6 nitrogen and oxygen atoms in total. The number of carbonyl (C=O) groups is 3. The number of aromatic carboxylic acids is 1. The smallest absolute Gasteiger partial charge is 0.335 e. The summed E-state index contributed by atoms with van der Waals surface area (Å²) < 4.78 is 0. The van der Waals surface area contributed by atoms with E-state index in [0.29, 0.717) is 13.1 Å². The van der Waals surface area contributed by atoms with Gasteiger partial charge in [-0.3, -0.25) is 9.59 Å². The predicted molar refractivity (Wildman–Crippen MR) is 78.3 cm³/mol. The third-order valence-corrected chi connectivity index (χ3v) is 3.19. The fourth-order valence-electron chi connectivity index (χ4n) is 1.96. The van der Waals surface area contributed by atoms with Crippen LogP contribution in [0.15, 0.2) is 24.3 Å². The van der Waals surface area contributed by atoms with E-state index in [0.717, 1.165) is 0 Å². The second-order valence-electron chi connectivity index (χ2n) is 4.61. The summed E-state index contributed by atoms with van der Waals surface area (Å²) >= 11 is 0. The van der Waals surface area contributed by atoms with Crippen LogP contribution in [0.25, 0.3) is 0 Å². The minimum Gasteiger partial charge on any atom is -0.478 e. The molecule has 0 heterocycles. The lowest BCUT2D eigenvalue weighted by Gasteiger charge is -2.23.